The van der Waals surface area contributed by atoms with E-state index in [9.17, 15) is 19.2 Å². The summed E-state index contributed by atoms with van der Waals surface area (Å²) in [5.74, 6) is -0.0475. The van der Waals surface area contributed by atoms with E-state index < -0.39 is 11.6 Å². The minimum atomic E-state index is -0.545. The van der Waals surface area contributed by atoms with Crippen LogP contribution in [0, 0.1) is 0 Å². The van der Waals surface area contributed by atoms with Gasteiger partial charge in [0.1, 0.15) is 12.3 Å². The average Bonchev–Trinajstić information content (AvgIpc) is 2.88. The van der Waals surface area contributed by atoms with Crippen LogP contribution in [-0.4, -0.2) is 28.1 Å². The molecule has 2 N–H and O–H groups in total. The van der Waals surface area contributed by atoms with Gasteiger partial charge >= 0.3 is 5.69 Å². The van der Waals surface area contributed by atoms with Gasteiger partial charge in [0.05, 0.1) is 18.0 Å². The topological polar surface area (TPSA) is 111 Å². The summed E-state index contributed by atoms with van der Waals surface area (Å²) in [5, 5.41) is 5.89. The molecular weight excluding hydrogens is 448 g/mol. The van der Waals surface area contributed by atoms with E-state index in [1.54, 1.807) is 86.8 Å². The standard InChI is InChI=1S/C26H24N4O5/c1-3-29-25(33)21-6-4-5-7-22(21)30(26(29)34)16-23(31)27-18-10-8-17(9-11-18)24(32)28-19-12-14-20(35-2)15-13-19/h4-15H,3,16H2,1-2H3,(H,27,31)(H,28,32). The van der Waals surface area contributed by atoms with Crippen LogP contribution in [0.5, 0.6) is 5.75 Å². The first-order valence-corrected chi connectivity index (χ1v) is 11.0. The average molecular weight is 473 g/mol. The summed E-state index contributed by atoms with van der Waals surface area (Å²) in [6, 6.07) is 20.0. The van der Waals surface area contributed by atoms with E-state index in [2.05, 4.69) is 10.6 Å². The van der Waals surface area contributed by atoms with Crippen LogP contribution in [0.3, 0.4) is 0 Å². The lowest BCUT2D eigenvalue weighted by Crippen LogP contribution is -2.41. The van der Waals surface area contributed by atoms with Crippen molar-refractivity contribution in [2.24, 2.45) is 0 Å². The van der Waals surface area contributed by atoms with Crippen molar-refractivity contribution in [1.29, 1.82) is 0 Å². The van der Waals surface area contributed by atoms with Gasteiger partial charge in [-0.15, -0.1) is 0 Å². The lowest BCUT2D eigenvalue weighted by atomic mass is 10.2. The molecule has 0 atom stereocenters. The maximum Gasteiger partial charge on any atom is 0.331 e. The molecule has 0 aliphatic rings. The molecule has 0 spiro atoms. The fraction of sp³-hybridized carbons (Fsp3) is 0.154. The highest BCUT2D eigenvalue weighted by atomic mass is 16.5. The van der Waals surface area contributed by atoms with Gasteiger partial charge in [-0.25, -0.2) is 4.79 Å². The number of nitrogens with zero attached hydrogens (tertiary/aromatic N) is 2. The monoisotopic (exact) mass is 472 g/mol. The number of para-hydroxylation sites is 1. The Morgan fingerprint density at radius 3 is 2.11 bits per heavy atom. The Labute approximate surface area is 200 Å². The van der Waals surface area contributed by atoms with Gasteiger partial charge in [0.2, 0.25) is 5.91 Å². The van der Waals surface area contributed by atoms with Gasteiger partial charge in [0.15, 0.2) is 0 Å². The van der Waals surface area contributed by atoms with Gasteiger partial charge in [0.25, 0.3) is 11.5 Å². The molecule has 1 aromatic heterocycles. The number of amides is 2. The third kappa shape index (κ3) is 4.98. The van der Waals surface area contributed by atoms with Gasteiger partial charge in [-0.1, -0.05) is 12.1 Å². The molecular formula is C26H24N4O5. The second-order valence-corrected chi connectivity index (χ2v) is 7.74. The van der Waals surface area contributed by atoms with Crippen molar-refractivity contribution in [3.05, 3.63) is 99.2 Å². The van der Waals surface area contributed by atoms with E-state index in [1.807, 2.05) is 0 Å². The molecule has 0 saturated heterocycles. The van der Waals surface area contributed by atoms with Gasteiger partial charge in [-0.2, -0.15) is 0 Å². The highest BCUT2D eigenvalue weighted by Gasteiger charge is 2.15. The number of nitrogens with one attached hydrogen (secondary N) is 2. The number of hydrogen-bond acceptors (Lipinski definition) is 5. The van der Waals surface area contributed by atoms with E-state index in [1.165, 1.54) is 4.57 Å². The van der Waals surface area contributed by atoms with E-state index in [4.69, 9.17) is 4.74 Å². The predicted molar refractivity (Wildman–Crippen MR) is 134 cm³/mol. The van der Waals surface area contributed by atoms with Crippen molar-refractivity contribution in [2.75, 3.05) is 17.7 Å². The first-order chi connectivity index (χ1) is 16.9. The SMILES string of the molecule is CCn1c(=O)c2ccccc2n(CC(=O)Nc2ccc(C(=O)Nc3ccc(OC)cc3)cc2)c1=O. The number of methoxy groups -OCH3 is 1. The summed E-state index contributed by atoms with van der Waals surface area (Å²) in [5.41, 5.74) is 0.977. The molecule has 1 heterocycles. The van der Waals surface area contributed by atoms with E-state index in [0.29, 0.717) is 33.6 Å². The first kappa shape index (κ1) is 23.5. The highest BCUT2D eigenvalue weighted by molar-refractivity contribution is 6.04. The quantitative estimate of drug-likeness (QED) is 0.429. The molecule has 4 rings (SSSR count). The zero-order valence-electron chi connectivity index (χ0n) is 19.3. The molecule has 9 nitrogen and oxygen atoms in total. The lowest BCUT2D eigenvalue weighted by Gasteiger charge is -2.13. The third-order valence-electron chi connectivity index (χ3n) is 5.53. The zero-order valence-corrected chi connectivity index (χ0v) is 19.3. The Balaban J connectivity index is 1.47. The molecule has 0 aliphatic carbocycles. The van der Waals surface area contributed by atoms with Gasteiger partial charge in [-0.05, 0) is 67.6 Å². The number of benzene rings is 3. The van der Waals surface area contributed by atoms with Crippen molar-refractivity contribution in [3.63, 3.8) is 0 Å². The number of ether oxygens (including phenoxy) is 1. The Bertz CT molecular complexity index is 1500. The summed E-state index contributed by atoms with van der Waals surface area (Å²) >= 11 is 0. The van der Waals surface area contributed by atoms with E-state index >= 15 is 0 Å². The van der Waals surface area contributed by atoms with Crippen LogP contribution < -0.4 is 26.6 Å². The van der Waals surface area contributed by atoms with Crippen LogP contribution in [0.4, 0.5) is 11.4 Å². The predicted octanol–water partition coefficient (Wildman–Crippen LogP) is 3.08. The van der Waals surface area contributed by atoms with E-state index in [-0.39, 0.29) is 24.6 Å². The number of aromatic nitrogens is 2. The minimum Gasteiger partial charge on any atom is -0.497 e. The van der Waals surface area contributed by atoms with Crippen molar-refractivity contribution in [3.8, 4) is 5.75 Å². The molecule has 35 heavy (non-hydrogen) atoms. The van der Waals surface area contributed by atoms with Crippen LogP contribution in [0.15, 0.2) is 82.4 Å². The largest absolute Gasteiger partial charge is 0.497 e. The first-order valence-electron chi connectivity index (χ1n) is 11.0. The van der Waals surface area contributed by atoms with Crippen LogP contribution in [0.25, 0.3) is 10.9 Å². The summed E-state index contributed by atoms with van der Waals surface area (Å²) < 4.78 is 7.49. The Morgan fingerprint density at radius 2 is 1.46 bits per heavy atom. The van der Waals surface area contributed by atoms with Crippen molar-refractivity contribution < 1.29 is 14.3 Å². The summed E-state index contributed by atoms with van der Waals surface area (Å²) in [6.07, 6.45) is 0. The number of anilines is 2. The summed E-state index contributed by atoms with van der Waals surface area (Å²) in [7, 11) is 1.57. The smallest absolute Gasteiger partial charge is 0.331 e. The van der Waals surface area contributed by atoms with Crippen LogP contribution in [0.1, 0.15) is 17.3 Å². The number of fused-ring (bicyclic) bond motifs is 1. The molecule has 178 valence electrons. The molecule has 0 aliphatic heterocycles. The Morgan fingerprint density at radius 1 is 0.829 bits per heavy atom. The zero-order chi connectivity index (χ0) is 24.9. The second kappa shape index (κ2) is 10.1. The number of carbonyl (C=O) groups is 2. The molecule has 0 bridgehead atoms. The molecule has 3 aromatic carbocycles. The van der Waals surface area contributed by atoms with Gasteiger partial charge in [-0.3, -0.25) is 23.5 Å². The molecule has 0 fully saturated rings. The second-order valence-electron chi connectivity index (χ2n) is 7.74. The molecule has 0 radical (unpaired) electrons. The minimum absolute atomic E-state index is 0.199. The van der Waals surface area contributed by atoms with Crippen molar-refractivity contribution in [2.45, 2.75) is 20.0 Å². The summed E-state index contributed by atoms with van der Waals surface area (Å²) in [4.78, 5) is 50.6. The molecule has 2 amide bonds. The van der Waals surface area contributed by atoms with Crippen molar-refractivity contribution in [1.82, 2.24) is 9.13 Å². The molecule has 0 unspecified atom stereocenters. The third-order valence-corrected chi connectivity index (χ3v) is 5.53. The van der Waals surface area contributed by atoms with Gasteiger partial charge < -0.3 is 15.4 Å². The maximum atomic E-state index is 12.8. The van der Waals surface area contributed by atoms with Gasteiger partial charge in [0, 0.05) is 23.5 Å². The molecule has 9 heteroatoms. The van der Waals surface area contributed by atoms with Crippen LogP contribution >= 0.6 is 0 Å². The highest BCUT2D eigenvalue weighted by Crippen LogP contribution is 2.17. The number of carbonyl (C=O) groups excluding carboxylic acids is 2. The number of hydrogen-bond donors (Lipinski definition) is 2. The van der Waals surface area contributed by atoms with Crippen LogP contribution in [0.2, 0.25) is 0 Å². The van der Waals surface area contributed by atoms with Crippen LogP contribution in [-0.2, 0) is 17.9 Å². The normalized spacial score (nSPS) is 10.7. The lowest BCUT2D eigenvalue weighted by molar-refractivity contribution is -0.116. The fourth-order valence-corrected chi connectivity index (χ4v) is 3.73. The Kier molecular flexibility index (Phi) is 6.77. The summed E-state index contributed by atoms with van der Waals surface area (Å²) in [6.45, 7) is 1.64. The fourth-order valence-electron chi connectivity index (χ4n) is 3.73. The van der Waals surface area contributed by atoms with E-state index in [0.717, 1.165) is 4.57 Å². The Hall–Kier alpha value is -4.66. The molecule has 0 saturated carbocycles. The van der Waals surface area contributed by atoms with Crippen molar-refractivity contribution >= 4 is 34.1 Å². The molecule has 4 aromatic rings. The number of rotatable bonds is 7. The maximum absolute atomic E-state index is 12.8.